The summed E-state index contributed by atoms with van der Waals surface area (Å²) < 4.78 is 0. The van der Waals surface area contributed by atoms with Gasteiger partial charge in [-0.1, -0.05) is 34.1 Å². The first-order valence-corrected chi connectivity index (χ1v) is 20.3. The number of aliphatic carboxylic acids is 1. The number of H-pyrrole nitrogens is 1. The van der Waals surface area contributed by atoms with Gasteiger partial charge in [0, 0.05) is 29.8 Å². The number of carbonyl (C=O) groups excluding carboxylic acids is 9. The third-order valence-corrected chi connectivity index (χ3v) is 9.82. The highest BCUT2D eigenvalue weighted by Crippen LogP contribution is 2.11. The lowest BCUT2D eigenvalue weighted by atomic mass is 9.96. The monoisotopic (exact) mass is 916 g/mol. The van der Waals surface area contributed by atoms with Crippen LogP contribution in [0, 0.1) is 11.8 Å². The van der Waals surface area contributed by atoms with Crippen molar-refractivity contribution in [2.24, 2.45) is 23.3 Å². The minimum absolute atomic E-state index is 0.168. The van der Waals surface area contributed by atoms with Crippen LogP contribution < -0.4 is 54.0 Å². The molecule has 1 aromatic rings. The predicted molar refractivity (Wildman–Crippen MR) is 224 cm³/mol. The molecule has 15 N–H and O–H groups in total. The molecular weight excluding hydrogens is 861 g/mol. The Morgan fingerprint density at radius 2 is 1.11 bits per heavy atom. The highest BCUT2D eigenvalue weighted by molar-refractivity contribution is 7.80. The zero-order valence-corrected chi connectivity index (χ0v) is 36.3. The molecule has 10 amide bonds. The first kappa shape index (κ1) is 53.9. The zero-order valence-electron chi connectivity index (χ0n) is 34.6. The Labute approximate surface area is 366 Å². The highest BCUT2D eigenvalue weighted by atomic mass is 32.1. The van der Waals surface area contributed by atoms with Crippen molar-refractivity contribution in [1.29, 1.82) is 0 Å². The first-order valence-electron chi connectivity index (χ1n) is 19.1. The van der Waals surface area contributed by atoms with E-state index in [1.165, 1.54) is 40.2 Å². The minimum Gasteiger partial charge on any atom is -0.481 e. The fourth-order valence-electron chi connectivity index (χ4n) is 5.39. The first-order chi connectivity index (χ1) is 28.9. The van der Waals surface area contributed by atoms with Gasteiger partial charge in [0.2, 0.25) is 53.2 Å². The Hall–Kier alpha value is -6.12. The van der Waals surface area contributed by atoms with Crippen molar-refractivity contribution in [1.82, 2.24) is 52.5 Å². The Balaban J connectivity index is 3.25. The lowest BCUT2D eigenvalue weighted by Gasteiger charge is -2.29. The van der Waals surface area contributed by atoms with Crippen LogP contribution >= 0.6 is 25.3 Å². The average Bonchev–Trinajstić information content (AvgIpc) is 3.70. The van der Waals surface area contributed by atoms with E-state index in [1.807, 2.05) is 5.32 Å². The smallest absolute Gasteiger partial charge is 0.405 e. The average molecular weight is 917 g/mol. The van der Waals surface area contributed by atoms with Crippen molar-refractivity contribution in [3.8, 4) is 0 Å². The van der Waals surface area contributed by atoms with Crippen molar-refractivity contribution in [3.05, 3.63) is 18.2 Å². The van der Waals surface area contributed by atoms with Gasteiger partial charge < -0.3 is 69.2 Å². The number of carbonyl (C=O) groups is 11. The molecule has 0 saturated carbocycles. The van der Waals surface area contributed by atoms with Crippen LogP contribution in [0.25, 0.3) is 0 Å². The van der Waals surface area contributed by atoms with E-state index < -0.39 is 138 Å². The molecule has 25 nitrogen and oxygen atoms in total. The topological polar surface area (TPSA) is 405 Å². The van der Waals surface area contributed by atoms with Crippen molar-refractivity contribution in [2.75, 3.05) is 11.5 Å². The van der Waals surface area contributed by atoms with E-state index in [2.05, 4.69) is 72.4 Å². The summed E-state index contributed by atoms with van der Waals surface area (Å²) in [6.45, 7) is 7.48. The molecule has 0 aromatic carbocycles. The summed E-state index contributed by atoms with van der Waals surface area (Å²) in [6, 6.07) is -11.8. The number of thiol groups is 2. The summed E-state index contributed by atoms with van der Waals surface area (Å²) in [5, 5.41) is 37.1. The number of aromatic nitrogens is 2. The van der Waals surface area contributed by atoms with Crippen molar-refractivity contribution in [3.63, 3.8) is 0 Å². The molecule has 0 radical (unpaired) electrons. The van der Waals surface area contributed by atoms with Crippen LogP contribution in [0.5, 0.6) is 0 Å². The molecule has 27 heteroatoms. The Bertz CT molecular complexity index is 1790. The lowest BCUT2D eigenvalue weighted by Crippen LogP contribution is -2.62. The van der Waals surface area contributed by atoms with Gasteiger partial charge in [0.15, 0.2) is 0 Å². The van der Waals surface area contributed by atoms with Gasteiger partial charge in [0.25, 0.3) is 0 Å². The Morgan fingerprint density at radius 1 is 0.629 bits per heavy atom. The van der Waals surface area contributed by atoms with Gasteiger partial charge in [-0.15, -0.1) is 0 Å². The number of carboxylic acid groups (broad SMARTS) is 2. The second-order valence-electron chi connectivity index (χ2n) is 14.4. The van der Waals surface area contributed by atoms with Crippen LogP contribution in [0.15, 0.2) is 12.5 Å². The molecule has 0 fully saturated rings. The molecule has 62 heavy (non-hydrogen) atoms. The molecule has 0 aliphatic carbocycles. The number of hydrogen-bond donors (Lipinski definition) is 15. The van der Waals surface area contributed by atoms with Crippen LogP contribution in [-0.4, -0.2) is 145 Å². The van der Waals surface area contributed by atoms with Crippen LogP contribution in [0.3, 0.4) is 0 Å². The number of rotatable bonds is 27. The third kappa shape index (κ3) is 18.2. The Kier molecular flexibility index (Phi) is 22.8. The summed E-state index contributed by atoms with van der Waals surface area (Å²) in [4.78, 5) is 146. The standard InChI is InChI=1S/C35H56N12O13S2/c1-6-15(4)26(34(58)42-19(8-23(36)48)30(54)44-21(11-61)27(37)51)47-31(55)20(9-24(49)50)43-33(57)25(14(2)3)46-28(52)16(5)40-29(53)18(7-17-10-38-13-39-17)41-32(56)22(12-62)45-35(59)60/h10,13-16,18-22,25-26,45,61-62H,6-9,11-12H2,1-5H3,(H2,36,48)(H2,37,51)(H,38,39)(H,40,53)(H,41,56)(H,42,58)(H,43,57)(H,44,54)(H,46,52)(H,47,55)(H,49,50)(H,59,60)/t15-,16-,18-,19-,20-,21-,22-,25-,26-/m0/s1. The third-order valence-electron chi connectivity index (χ3n) is 9.09. The zero-order chi connectivity index (χ0) is 47.4. The summed E-state index contributed by atoms with van der Waals surface area (Å²) in [5.41, 5.74) is 10.9. The number of nitrogens with two attached hydrogens (primary N) is 2. The maximum absolute atomic E-state index is 13.6. The summed E-state index contributed by atoms with van der Waals surface area (Å²) >= 11 is 7.91. The van der Waals surface area contributed by atoms with Gasteiger partial charge >= 0.3 is 12.1 Å². The molecule has 1 aromatic heterocycles. The van der Waals surface area contributed by atoms with E-state index in [0.29, 0.717) is 5.69 Å². The lowest BCUT2D eigenvalue weighted by molar-refractivity contribution is -0.142. The number of imidazole rings is 1. The van der Waals surface area contributed by atoms with Gasteiger partial charge in [0.1, 0.15) is 48.3 Å². The van der Waals surface area contributed by atoms with Crippen LogP contribution in [0.4, 0.5) is 4.79 Å². The van der Waals surface area contributed by atoms with Gasteiger partial charge in [-0.05, 0) is 18.8 Å². The van der Waals surface area contributed by atoms with E-state index in [1.54, 1.807) is 6.92 Å². The number of nitrogens with one attached hydrogen (secondary N) is 9. The molecule has 0 unspecified atom stereocenters. The molecule has 346 valence electrons. The van der Waals surface area contributed by atoms with E-state index in [4.69, 9.17) is 16.6 Å². The van der Waals surface area contributed by atoms with Gasteiger partial charge in [-0.2, -0.15) is 25.3 Å². The number of primary amides is 2. The van der Waals surface area contributed by atoms with E-state index >= 15 is 0 Å². The number of amides is 10. The fourth-order valence-corrected chi connectivity index (χ4v) is 5.91. The van der Waals surface area contributed by atoms with Crippen molar-refractivity contribution < 1.29 is 63.0 Å². The van der Waals surface area contributed by atoms with Crippen molar-refractivity contribution >= 4 is 90.5 Å². The molecule has 0 saturated heterocycles. The van der Waals surface area contributed by atoms with Crippen LogP contribution in [0.1, 0.15) is 59.6 Å². The molecule has 1 rings (SSSR count). The molecule has 0 spiro atoms. The Morgan fingerprint density at radius 3 is 1.58 bits per heavy atom. The van der Waals surface area contributed by atoms with E-state index in [0.717, 1.165) is 0 Å². The van der Waals surface area contributed by atoms with Gasteiger partial charge in [-0.3, -0.25) is 47.9 Å². The quantitative estimate of drug-likeness (QED) is 0.0370. The normalized spacial score (nSPS) is 15.3. The summed E-state index contributed by atoms with van der Waals surface area (Å²) in [7, 11) is 0. The number of nitrogens with zero attached hydrogens (tertiary/aromatic N) is 1. The van der Waals surface area contributed by atoms with Gasteiger partial charge in [0.05, 0.1) is 19.2 Å². The highest BCUT2D eigenvalue weighted by Gasteiger charge is 2.36. The van der Waals surface area contributed by atoms with Crippen LogP contribution in [-0.2, 0) is 54.4 Å². The van der Waals surface area contributed by atoms with Gasteiger partial charge in [-0.25, -0.2) is 9.78 Å². The molecular formula is C35H56N12O13S2. The molecule has 1 heterocycles. The second-order valence-corrected chi connectivity index (χ2v) is 15.1. The predicted octanol–water partition coefficient (Wildman–Crippen LogP) is -4.60. The summed E-state index contributed by atoms with van der Waals surface area (Å²) in [6.07, 6.45) is -0.483. The minimum atomic E-state index is -1.84. The van der Waals surface area contributed by atoms with E-state index in [9.17, 15) is 57.8 Å². The number of hydrogen-bond acceptors (Lipinski definition) is 14. The second kappa shape index (κ2) is 26.3. The number of aromatic amines is 1. The summed E-state index contributed by atoms with van der Waals surface area (Å²) in [5.74, 6) is -12.3. The fraction of sp³-hybridized carbons (Fsp3) is 0.600. The molecule has 0 aliphatic rings. The number of carboxylic acids is 1. The SMILES string of the molecule is CC[C@H](C)[C@H](NC(=O)[C@H](CC(=O)O)NC(=O)[C@@H](NC(=O)[C@H](C)NC(=O)[C@H](Cc1cnc[nH]1)NC(=O)[C@H](CS)NC(=O)O)C(C)C)C(=O)N[C@@H](CC(N)=O)C(=O)N[C@@H](CS)C(N)=O. The molecule has 0 bridgehead atoms. The molecule has 0 aliphatic heterocycles. The van der Waals surface area contributed by atoms with Crippen LogP contribution in [0.2, 0.25) is 0 Å². The maximum atomic E-state index is 13.6. The van der Waals surface area contributed by atoms with Crippen molar-refractivity contribution in [2.45, 2.75) is 109 Å². The maximum Gasteiger partial charge on any atom is 0.405 e. The van der Waals surface area contributed by atoms with E-state index in [-0.39, 0.29) is 24.3 Å². The largest absolute Gasteiger partial charge is 0.481 e. The molecule has 9 atom stereocenters.